The number of nitrogens with zero attached hydrogens (tertiary/aromatic N) is 2. The Kier molecular flexibility index (Phi) is 2.84. The number of amides is 1. The van der Waals surface area contributed by atoms with Gasteiger partial charge in [-0.25, -0.2) is 4.98 Å². The quantitative estimate of drug-likeness (QED) is 0.727. The molecule has 0 N–H and O–H groups in total. The molecule has 2 fully saturated rings. The van der Waals surface area contributed by atoms with Crippen molar-refractivity contribution >= 4 is 11.7 Å². The Balaban J connectivity index is 1.91. The lowest BCUT2D eigenvalue weighted by Gasteiger charge is -2.52. The van der Waals surface area contributed by atoms with Gasteiger partial charge in [-0.05, 0) is 31.4 Å². The van der Waals surface area contributed by atoms with Crippen molar-refractivity contribution in [2.75, 3.05) is 6.54 Å². The summed E-state index contributed by atoms with van der Waals surface area (Å²) in [7, 11) is 0. The fourth-order valence-corrected chi connectivity index (χ4v) is 3.06. The van der Waals surface area contributed by atoms with Crippen LogP contribution < -0.4 is 0 Å². The zero-order chi connectivity index (χ0) is 13.5. The van der Waals surface area contributed by atoms with Crippen LogP contribution in [0.5, 0.6) is 0 Å². The zero-order valence-electron chi connectivity index (χ0n) is 10.6. The number of likely N-dealkylation sites (tertiary alicyclic amines) is 1. The normalized spacial score (nSPS) is 21.3. The number of carbonyl (C=O) groups is 2. The highest BCUT2D eigenvalue weighted by Gasteiger charge is 2.48. The van der Waals surface area contributed by atoms with E-state index in [1.807, 2.05) is 0 Å². The van der Waals surface area contributed by atoms with Gasteiger partial charge >= 0.3 is 0 Å². The number of ketones is 1. The van der Waals surface area contributed by atoms with E-state index in [4.69, 9.17) is 0 Å². The van der Waals surface area contributed by atoms with Crippen LogP contribution in [0.4, 0.5) is 4.39 Å². The lowest BCUT2D eigenvalue weighted by atomic mass is 9.69. The zero-order valence-corrected chi connectivity index (χ0v) is 10.6. The molecule has 4 nitrogen and oxygen atoms in total. The minimum atomic E-state index is -0.737. The molecule has 0 bridgehead atoms. The van der Waals surface area contributed by atoms with Crippen molar-refractivity contribution < 1.29 is 14.0 Å². The molecule has 19 heavy (non-hydrogen) atoms. The number of hydrogen-bond donors (Lipinski definition) is 0. The molecule has 0 aromatic carbocycles. The smallest absolute Gasteiger partial charge is 0.258 e. The van der Waals surface area contributed by atoms with E-state index in [2.05, 4.69) is 4.98 Å². The van der Waals surface area contributed by atoms with E-state index in [9.17, 15) is 14.0 Å². The number of pyridine rings is 1. The predicted octanol–water partition coefficient (Wildman–Crippen LogP) is 1.95. The van der Waals surface area contributed by atoms with E-state index in [1.54, 1.807) is 11.0 Å². The van der Waals surface area contributed by atoms with Gasteiger partial charge in [0, 0.05) is 25.6 Å². The first-order valence-corrected chi connectivity index (χ1v) is 6.57. The summed E-state index contributed by atoms with van der Waals surface area (Å²) < 4.78 is 13.6. The third kappa shape index (κ3) is 1.93. The average Bonchev–Trinajstić information content (AvgIpc) is 2.36. The maximum absolute atomic E-state index is 13.6. The van der Waals surface area contributed by atoms with E-state index < -0.39 is 5.95 Å². The molecule has 1 aliphatic carbocycles. The van der Waals surface area contributed by atoms with Crippen LogP contribution in [-0.4, -0.2) is 33.7 Å². The first-order chi connectivity index (χ1) is 9.12. The maximum atomic E-state index is 13.6. The predicted molar refractivity (Wildman–Crippen MR) is 66.1 cm³/mol. The number of halogens is 1. The van der Waals surface area contributed by atoms with E-state index in [1.165, 1.54) is 12.3 Å². The van der Waals surface area contributed by atoms with Gasteiger partial charge in [-0.3, -0.25) is 9.59 Å². The molecule has 2 heterocycles. The highest BCUT2D eigenvalue weighted by atomic mass is 19.1. The standard InChI is InChI=1S/C14H15FN2O2/c15-12-11(3-1-7-16-12)13(19)17-8-4-10(18)9-14(17)5-2-6-14/h1,3,7H,2,4-6,8-9H2. The fraction of sp³-hybridized carbons (Fsp3) is 0.500. The Hall–Kier alpha value is -1.78. The van der Waals surface area contributed by atoms with Crippen LogP contribution in [-0.2, 0) is 4.79 Å². The molecule has 1 spiro atoms. The number of hydrogen-bond acceptors (Lipinski definition) is 3. The molecule has 3 rings (SSSR count). The van der Waals surface area contributed by atoms with Crippen LogP contribution in [0.2, 0.25) is 0 Å². The van der Waals surface area contributed by atoms with Gasteiger partial charge in [0.2, 0.25) is 5.95 Å². The van der Waals surface area contributed by atoms with Crippen LogP contribution in [0.15, 0.2) is 18.3 Å². The molecule has 0 radical (unpaired) electrons. The van der Waals surface area contributed by atoms with Crippen molar-refractivity contribution in [3.05, 3.63) is 29.8 Å². The second-order valence-corrected chi connectivity index (χ2v) is 5.34. The fourth-order valence-electron chi connectivity index (χ4n) is 3.06. The summed E-state index contributed by atoms with van der Waals surface area (Å²) in [6, 6.07) is 3.01. The Morgan fingerprint density at radius 2 is 2.21 bits per heavy atom. The van der Waals surface area contributed by atoms with Gasteiger partial charge in [0.05, 0.1) is 11.1 Å². The maximum Gasteiger partial charge on any atom is 0.258 e. The molecular formula is C14H15FN2O2. The Bertz CT molecular complexity index is 540. The monoisotopic (exact) mass is 262 g/mol. The minimum Gasteiger partial charge on any atom is -0.332 e. The number of piperidine rings is 1. The molecule has 0 unspecified atom stereocenters. The summed E-state index contributed by atoms with van der Waals surface area (Å²) in [4.78, 5) is 29.3. The third-order valence-electron chi connectivity index (χ3n) is 4.23. The number of aromatic nitrogens is 1. The van der Waals surface area contributed by atoms with Crippen molar-refractivity contribution in [1.82, 2.24) is 9.88 Å². The van der Waals surface area contributed by atoms with Crippen LogP contribution in [0.3, 0.4) is 0 Å². The van der Waals surface area contributed by atoms with Crippen molar-refractivity contribution in [2.45, 2.75) is 37.6 Å². The van der Waals surface area contributed by atoms with Gasteiger partial charge < -0.3 is 4.90 Å². The molecule has 1 saturated heterocycles. The molecule has 1 aromatic rings. The van der Waals surface area contributed by atoms with Crippen LogP contribution in [0.1, 0.15) is 42.5 Å². The van der Waals surface area contributed by atoms with Gasteiger partial charge in [0.1, 0.15) is 5.78 Å². The van der Waals surface area contributed by atoms with E-state index in [0.29, 0.717) is 19.4 Å². The molecule has 1 aromatic heterocycles. The molecule has 100 valence electrons. The second kappa shape index (κ2) is 4.40. The average molecular weight is 262 g/mol. The molecule has 1 saturated carbocycles. The van der Waals surface area contributed by atoms with E-state index >= 15 is 0 Å². The Morgan fingerprint density at radius 3 is 2.84 bits per heavy atom. The summed E-state index contributed by atoms with van der Waals surface area (Å²) in [6.07, 6.45) is 4.81. The summed E-state index contributed by atoms with van der Waals surface area (Å²) >= 11 is 0. The minimum absolute atomic E-state index is 0.00289. The van der Waals surface area contributed by atoms with Crippen LogP contribution >= 0.6 is 0 Å². The second-order valence-electron chi connectivity index (χ2n) is 5.34. The van der Waals surface area contributed by atoms with Crippen molar-refractivity contribution in [3.63, 3.8) is 0 Å². The van der Waals surface area contributed by atoms with Gasteiger partial charge in [-0.15, -0.1) is 0 Å². The van der Waals surface area contributed by atoms with E-state index in [0.717, 1.165) is 19.3 Å². The number of rotatable bonds is 1. The summed E-state index contributed by atoms with van der Waals surface area (Å²) in [5.41, 5.74) is -0.350. The number of Topliss-reactive ketones (excluding diaryl/α,β-unsaturated/α-hetero) is 1. The van der Waals surface area contributed by atoms with Crippen molar-refractivity contribution in [2.24, 2.45) is 0 Å². The topological polar surface area (TPSA) is 50.3 Å². The third-order valence-corrected chi connectivity index (χ3v) is 4.23. The van der Waals surface area contributed by atoms with Gasteiger partial charge in [0.15, 0.2) is 0 Å². The lowest BCUT2D eigenvalue weighted by Crippen LogP contribution is -2.60. The molecular weight excluding hydrogens is 247 g/mol. The summed E-state index contributed by atoms with van der Waals surface area (Å²) in [6.45, 7) is 0.395. The highest BCUT2D eigenvalue weighted by molar-refractivity contribution is 5.96. The van der Waals surface area contributed by atoms with Gasteiger partial charge in [0.25, 0.3) is 5.91 Å². The van der Waals surface area contributed by atoms with Gasteiger partial charge in [-0.1, -0.05) is 0 Å². The largest absolute Gasteiger partial charge is 0.332 e. The molecule has 5 heteroatoms. The Labute approximate surface area is 110 Å². The molecule has 0 atom stereocenters. The summed E-state index contributed by atoms with van der Waals surface area (Å²) in [5, 5.41) is 0. The lowest BCUT2D eigenvalue weighted by molar-refractivity contribution is -0.128. The SMILES string of the molecule is O=C1CCN(C(=O)c2cccnc2F)C2(CCC2)C1. The van der Waals surface area contributed by atoms with Crippen molar-refractivity contribution in [3.8, 4) is 0 Å². The number of carbonyl (C=O) groups excluding carboxylic acids is 2. The summed E-state index contributed by atoms with van der Waals surface area (Å²) in [5.74, 6) is -0.868. The van der Waals surface area contributed by atoms with E-state index in [-0.39, 0.29) is 22.8 Å². The van der Waals surface area contributed by atoms with Gasteiger partial charge in [-0.2, -0.15) is 4.39 Å². The van der Waals surface area contributed by atoms with Crippen LogP contribution in [0.25, 0.3) is 0 Å². The molecule has 1 aliphatic heterocycles. The van der Waals surface area contributed by atoms with Crippen LogP contribution in [0, 0.1) is 5.95 Å². The van der Waals surface area contributed by atoms with Crippen molar-refractivity contribution in [1.29, 1.82) is 0 Å². The highest BCUT2D eigenvalue weighted by Crippen LogP contribution is 2.44. The molecule has 1 amide bonds. The molecule has 2 aliphatic rings. The first-order valence-electron chi connectivity index (χ1n) is 6.57. The first kappa shape index (κ1) is 12.3. The Morgan fingerprint density at radius 1 is 1.42 bits per heavy atom.